The Morgan fingerprint density at radius 1 is 1.05 bits per heavy atom. The maximum absolute atomic E-state index is 5.48. The average molecular weight is 271 g/mol. The first-order valence-corrected chi connectivity index (χ1v) is 7.06. The van der Waals surface area contributed by atoms with E-state index in [0.29, 0.717) is 6.61 Å². The van der Waals surface area contributed by atoms with E-state index in [4.69, 9.17) is 4.74 Å². The monoisotopic (exact) mass is 271 g/mol. The fourth-order valence-electron chi connectivity index (χ4n) is 2.10. The van der Waals surface area contributed by atoms with Crippen LogP contribution in [0.4, 0.5) is 0 Å². The van der Waals surface area contributed by atoms with Gasteiger partial charge in [-0.05, 0) is 37.6 Å². The number of hydrogen-bond acceptors (Lipinski definition) is 4. The second-order valence-corrected chi connectivity index (χ2v) is 4.56. The lowest BCUT2D eigenvalue weighted by Crippen LogP contribution is -2.23. The fraction of sp³-hybridized carbons (Fsp3) is 0.375. The smallest absolute Gasteiger partial charge is 0.119 e. The van der Waals surface area contributed by atoms with Crippen molar-refractivity contribution in [3.05, 3.63) is 54.1 Å². The highest BCUT2D eigenvalue weighted by Gasteiger charge is 2.13. The van der Waals surface area contributed by atoms with E-state index < -0.39 is 0 Å². The molecule has 1 heterocycles. The normalized spacial score (nSPS) is 12.1. The summed E-state index contributed by atoms with van der Waals surface area (Å²) >= 11 is 0. The highest BCUT2D eigenvalue weighted by molar-refractivity contribution is 5.33. The molecule has 0 bridgehead atoms. The lowest BCUT2D eigenvalue weighted by molar-refractivity contribution is 0.340. The second kappa shape index (κ2) is 7.60. The van der Waals surface area contributed by atoms with Gasteiger partial charge in [-0.3, -0.25) is 0 Å². The Bertz CT molecular complexity index is 499. The number of rotatable bonds is 7. The number of hydrogen-bond donors (Lipinski definition) is 1. The lowest BCUT2D eigenvalue weighted by Gasteiger charge is -2.19. The van der Waals surface area contributed by atoms with Crippen LogP contribution in [-0.4, -0.2) is 23.1 Å². The third-order valence-corrected chi connectivity index (χ3v) is 3.04. The standard InChI is InChI=1S/C16H21N3O/c1-3-9-19-16(14-10-17-12-18-11-14)13-5-7-15(8-6-13)20-4-2/h5-8,10-12,16,19H,3-4,9H2,1-2H3. The van der Waals surface area contributed by atoms with Crippen molar-refractivity contribution in [2.24, 2.45) is 0 Å². The molecule has 0 saturated carbocycles. The maximum atomic E-state index is 5.48. The van der Waals surface area contributed by atoms with Gasteiger partial charge < -0.3 is 10.1 Å². The fourth-order valence-corrected chi connectivity index (χ4v) is 2.10. The molecule has 0 aliphatic heterocycles. The Kier molecular flexibility index (Phi) is 5.50. The summed E-state index contributed by atoms with van der Waals surface area (Å²) in [5.41, 5.74) is 2.27. The van der Waals surface area contributed by atoms with Crippen LogP contribution in [0.5, 0.6) is 5.75 Å². The summed E-state index contributed by atoms with van der Waals surface area (Å²) in [5.74, 6) is 0.898. The predicted molar refractivity (Wildman–Crippen MR) is 79.8 cm³/mol. The number of aromatic nitrogens is 2. The molecule has 4 heteroatoms. The van der Waals surface area contributed by atoms with Crippen LogP contribution in [0.3, 0.4) is 0 Å². The molecule has 0 aliphatic carbocycles. The zero-order valence-corrected chi connectivity index (χ0v) is 12.0. The van der Waals surface area contributed by atoms with Crippen LogP contribution in [-0.2, 0) is 0 Å². The summed E-state index contributed by atoms with van der Waals surface area (Å²) in [6.45, 7) is 5.78. The molecule has 1 aromatic heterocycles. The van der Waals surface area contributed by atoms with E-state index in [1.807, 2.05) is 31.5 Å². The van der Waals surface area contributed by atoms with Gasteiger partial charge >= 0.3 is 0 Å². The Labute approximate surface area is 120 Å². The van der Waals surface area contributed by atoms with Gasteiger partial charge in [0.05, 0.1) is 12.6 Å². The zero-order valence-electron chi connectivity index (χ0n) is 12.0. The van der Waals surface area contributed by atoms with Crippen LogP contribution >= 0.6 is 0 Å². The van der Waals surface area contributed by atoms with Gasteiger partial charge in [0.25, 0.3) is 0 Å². The molecule has 1 aromatic carbocycles. The molecule has 2 rings (SSSR count). The zero-order chi connectivity index (χ0) is 14.2. The first-order chi connectivity index (χ1) is 9.85. The molecule has 4 nitrogen and oxygen atoms in total. The first-order valence-electron chi connectivity index (χ1n) is 7.06. The Hall–Kier alpha value is -1.94. The summed E-state index contributed by atoms with van der Waals surface area (Å²) in [6, 6.07) is 8.30. The van der Waals surface area contributed by atoms with Crippen molar-refractivity contribution in [3.63, 3.8) is 0 Å². The van der Waals surface area contributed by atoms with Crippen LogP contribution in [0, 0.1) is 0 Å². The van der Waals surface area contributed by atoms with Crippen LogP contribution < -0.4 is 10.1 Å². The summed E-state index contributed by atoms with van der Waals surface area (Å²) < 4.78 is 5.48. The molecule has 1 unspecified atom stereocenters. The number of nitrogens with one attached hydrogen (secondary N) is 1. The van der Waals surface area contributed by atoms with Gasteiger partial charge in [0.1, 0.15) is 12.1 Å². The lowest BCUT2D eigenvalue weighted by atomic mass is 10.0. The number of ether oxygens (including phenoxy) is 1. The van der Waals surface area contributed by atoms with Gasteiger partial charge in [0.15, 0.2) is 0 Å². The third-order valence-electron chi connectivity index (χ3n) is 3.04. The molecule has 0 aliphatic rings. The SMILES string of the molecule is CCCNC(c1ccc(OCC)cc1)c1cncnc1. The molecule has 0 saturated heterocycles. The van der Waals surface area contributed by atoms with Gasteiger partial charge in [-0.15, -0.1) is 0 Å². The summed E-state index contributed by atoms with van der Waals surface area (Å²) in [6.07, 6.45) is 6.35. The molecule has 20 heavy (non-hydrogen) atoms. The number of nitrogens with zero attached hydrogens (tertiary/aromatic N) is 2. The van der Waals surface area contributed by atoms with Gasteiger partial charge in [0, 0.05) is 18.0 Å². The van der Waals surface area contributed by atoms with Crippen LogP contribution in [0.15, 0.2) is 43.0 Å². The minimum Gasteiger partial charge on any atom is -0.494 e. The molecule has 1 N–H and O–H groups in total. The third kappa shape index (κ3) is 3.78. The second-order valence-electron chi connectivity index (χ2n) is 4.56. The Morgan fingerprint density at radius 2 is 1.75 bits per heavy atom. The molecule has 0 fully saturated rings. The van der Waals surface area contributed by atoms with Crippen LogP contribution in [0.1, 0.15) is 37.4 Å². The first kappa shape index (κ1) is 14.5. The molecular formula is C16H21N3O. The van der Waals surface area contributed by atoms with E-state index in [1.54, 1.807) is 6.33 Å². The minimum atomic E-state index is 0.117. The molecule has 1 atom stereocenters. The van der Waals surface area contributed by atoms with E-state index in [9.17, 15) is 0 Å². The summed E-state index contributed by atoms with van der Waals surface area (Å²) in [4.78, 5) is 8.22. The summed E-state index contributed by atoms with van der Waals surface area (Å²) in [7, 11) is 0. The highest BCUT2D eigenvalue weighted by Crippen LogP contribution is 2.23. The maximum Gasteiger partial charge on any atom is 0.119 e. The average Bonchev–Trinajstić information content (AvgIpc) is 2.51. The topological polar surface area (TPSA) is 47.0 Å². The highest BCUT2D eigenvalue weighted by atomic mass is 16.5. The van der Waals surface area contributed by atoms with E-state index in [2.05, 4.69) is 34.3 Å². The van der Waals surface area contributed by atoms with E-state index in [0.717, 1.165) is 24.3 Å². The van der Waals surface area contributed by atoms with E-state index in [1.165, 1.54) is 5.56 Å². The van der Waals surface area contributed by atoms with Gasteiger partial charge in [0.2, 0.25) is 0 Å². The van der Waals surface area contributed by atoms with Gasteiger partial charge in [-0.1, -0.05) is 19.1 Å². The van der Waals surface area contributed by atoms with Crippen LogP contribution in [0.2, 0.25) is 0 Å². The molecule has 0 radical (unpaired) electrons. The minimum absolute atomic E-state index is 0.117. The van der Waals surface area contributed by atoms with Crippen LogP contribution in [0.25, 0.3) is 0 Å². The van der Waals surface area contributed by atoms with Crippen molar-refractivity contribution in [1.82, 2.24) is 15.3 Å². The quantitative estimate of drug-likeness (QED) is 0.841. The summed E-state index contributed by atoms with van der Waals surface area (Å²) in [5, 5.41) is 3.53. The van der Waals surface area contributed by atoms with E-state index in [-0.39, 0.29) is 6.04 Å². The van der Waals surface area contributed by atoms with Crippen molar-refractivity contribution in [2.75, 3.05) is 13.2 Å². The Balaban J connectivity index is 2.22. The van der Waals surface area contributed by atoms with Gasteiger partial charge in [-0.2, -0.15) is 0 Å². The van der Waals surface area contributed by atoms with Gasteiger partial charge in [-0.25, -0.2) is 9.97 Å². The predicted octanol–water partition coefficient (Wildman–Crippen LogP) is 2.96. The Morgan fingerprint density at radius 3 is 2.35 bits per heavy atom. The molecule has 0 spiro atoms. The van der Waals surface area contributed by atoms with E-state index >= 15 is 0 Å². The molecule has 0 amide bonds. The van der Waals surface area contributed by atoms with Crippen molar-refractivity contribution < 1.29 is 4.74 Å². The number of benzene rings is 1. The molecule has 2 aromatic rings. The van der Waals surface area contributed by atoms with Crippen molar-refractivity contribution in [2.45, 2.75) is 26.3 Å². The molecule has 106 valence electrons. The largest absolute Gasteiger partial charge is 0.494 e. The van der Waals surface area contributed by atoms with Crippen molar-refractivity contribution in [3.8, 4) is 5.75 Å². The van der Waals surface area contributed by atoms with Crippen molar-refractivity contribution >= 4 is 0 Å². The van der Waals surface area contributed by atoms with Crippen molar-refractivity contribution in [1.29, 1.82) is 0 Å². The molecular weight excluding hydrogens is 250 g/mol.